The van der Waals surface area contributed by atoms with E-state index in [-0.39, 0.29) is 11.9 Å². The number of nitrogen functional groups attached to an aromatic ring is 1. The van der Waals surface area contributed by atoms with Crippen LogP contribution in [0.25, 0.3) is 0 Å². The van der Waals surface area contributed by atoms with Crippen molar-refractivity contribution in [2.75, 3.05) is 32.0 Å². The summed E-state index contributed by atoms with van der Waals surface area (Å²) in [4.78, 5) is 14.0. The molecular formula is C11H18N4O2. The Bertz CT molecular complexity index is 390. The highest BCUT2D eigenvalue weighted by Gasteiger charge is 2.24. The lowest BCUT2D eigenvalue weighted by Crippen LogP contribution is -2.43. The summed E-state index contributed by atoms with van der Waals surface area (Å²) in [5, 5.41) is 4.14. The van der Waals surface area contributed by atoms with E-state index in [4.69, 9.17) is 10.5 Å². The molecule has 2 heterocycles. The van der Waals surface area contributed by atoms with Crippen molar-refractivity contribution in [2.24, 2.45) is 0 Å². The molecule has 1 aliphatic heterocycles. The molecule has 0 aliphatic carbocycles. The molecule has 0 saturated carbocycles. The number of rotatable bonds is 2. The van der Waals surface area contributed by atoms with E-state index in [1.54, 1.807) is 15.8 Å². The molecule has 0 aromatic carbocycles. The number of hydrogen-bond acceptors (Lipinski definition) is 4. The highest BCUT2D eigenvalue weighted by Crippen LogP contribution is 2.15. The molecule has 1 fully saturated rings. The number of ether oxygens (including phenoxy) is 1. The van der Waals surface area contributed by atoms with Crippen LogP contribution in [0.5, 0.6) is 0 Å². The zero-order valence-electron chi connectivity index (χ0n) is 10.2. The zero-order chi connectivity index (χ0) is 12.4. The summed E-state index contributed by atoms with van der Waals surface area (Å²) in [7, 11) is 0. The summed E-state index contributed by atoms with van der Waals surface area (Å²) in [6.07, 6.45) is 1.80. The van der Waals surface area contributed by atoms with Gasteiger partial charge in [0.1, 0.15) is 11.9 Å². The standard InChI is InChI=1S/C11H18N4O2/c1-8-7-15(13-10(8)12)9(2)11(16)14-3-5-17-6-4-14/h7,9H,3-6H2,1-2H3,(H2,12,13). The number of nitrogens with zero attached hydrogens (tertiary/aromatic N) is 3. The van der Waals surface area contributed by atoms with Crippen molar-refractivity contribution in [3.63, 3.8) is 0 Å². The van der Waals surface area contributed by atoms with E-state index in [1.165, 1.54) is 0 Å². The minimum Gasteiger partial charge on any atom is -0.382 e. The molecule has 0 spiro atoms. The molecule has 1 aromatic heterocycles. The number of carbonyl (C=O) groups excluding carboxylic acids is 1. The Morgan fingerprint density at radius 1 is 1.53 bits per heavy atom. The smallest absolute Gasteiger partial charge is 0.247 e. The van der Waals surface area contributed by atoms with Crippen molar-refractivity contribution in [3.05, 3.63) is 11.8 Å². The number of carbonyl (C=O) groups is 1. The zero-order valence-corrected chi connectivity index (χ0v) is 10.2. The van der Waals surface area contributed by atoms with Gasteiger partial charge < -0.3 is 15.4 Å². The lowest BCUT2D eigenvalue weighted by Gasteiger charge is -2.29. The van der Waals surface area contributed by atoms with E-state index >= 15 is 0 Å². The summed E-state index contributed by atoms with van der Waals surface area (Å²) >= 11 is 0. The van der Waals surface area contributed by atoms with Crippen molar-refractivity contribution < 1.29 is 9.53 Å². The van der Waals surface area contributed by atoms with Crippen molar-refractivity contribution in [2.45, 2.75) is 19.9 Å². The maximum Gasteiger partial charge on any atom is 0.247 e. The normalized spacial score (nSPS) is 18.1. The SMILES string of the molecule is Cc1cn(C(C)C(=O)N2CCOCC2)nc1N. The number of aryl methyl sites for hydroxylation is 1. The Hall–Kier alpha value is -1.56. The van der Waals surface area contributed by atoms with Gasteiger partial charge >= 0.3 is 0 Å². The minimum absolute atomic E-state index is 0.0656. The van der Waals surface area contributed by atoms with Crippen molar-refractivity contribution in [1.29, 1.82) is 0 Å². The highest BCUT2D eigenvalue weighted by atomic mass is 16.5. The minimum atomic E-state index is -0.316. The molecule has 6 nitrogen and oxygen atoms in total. The van der Waals surface area contributed by atoms with Gasteiger partial charge in [0.05, 0.1) is 13.2 Å². The topological polar surface area (TPSA) is 73.4 Å². The van der Waals surface area contributed by atoms with Gasteiger partial charge in [-0.2, -0.15) is 5.10 Å². The first-order valence-corrected chi connectivity index (χ1v) is 5.77. The van der Waals surface area contributed by atoms with Crippen molar-refractivity contribution >= 4 is 11.7 Å². The van der Waals surface area contributed by atoms with Crippen molar-refractivity contribution in [3.8, 4) is 0 Å². The van der Waals surface area contributed by atoms with Crippen LogP contribution in [0.1, 0.15) is 18.5 Å². The van der Waals surface area contributed by atoms with E-state index < -0.39 is 0 Å². The number of nitrogens with two attached hydrogens (primary N) is 1. The first-order chi connectivity index (χ1) is 8.09. The average Bonchev–Trinajstić information content (AvgIpc) is 2.69. The predicted molar refractivity (Wildman–Crippen MR) is 63.5 cm³/mol. The largest absolute Gasteiger partial charge is 0.382 e. The summed E-state index contributed by atoms with van der Waals surface area (Å²) in [5.74, 6) is 0.544. The van der Waals surface area contributed by atoms with Crippen LogP contribution in [-0.2, 0) is 9.53 Å². The maximum absolute atomic E-state index is 12.2. The molecule has 1 aromatic rings. The second-order valence-electron chi connectivity index (χ2n) is 4.29. The first kappa shape index (κ1) is 11.9. The van der Waals surface area contributed by atoms with Crippen LogP contribution in [0, 0.1) is 6.92 Å². The Morgan fingerprint density at radius 3 is 2.71 bits per heavy atom. The van der Waals surface area contributed by atoms with Gasteiger partial charge in [-0.05, 0) is 13.8 Å². The Labute approximate surface area is 100 Å². The van der Waals surface area contributed by atoms with Gasteiger partial charge in [0, 0.05) is 24.8 Å². The Morgan fingerprint density at radius 2 is 2.18 bits per heavy atom. The number of morpholine rings is 1. The molecule has 1 saturated heterocycles. The van der Waals surface area contributed by atoms with Crippen molar-refractivity contribution in [1.82, 2.24) is 14.7 Å². The van der Waals surface area contributed by atoms with Crippen LogP contribution in [0.3, 0.4) is 0 Å². The molecule has 94 valence electrons. The lowest BCUT2D eigenvalue weighted by molar-refractivity contribution is -0.138. The van der Waals surface area contributed by atoms with E-state index in [2.05, 4.69) is 5.10 Å². The van der Waals surface area contributed by atoms with E-state index in [9.17, 15) is 4.79 Å². The lowest BCUT2D eigenvalue weighted by atomic mass is 10.2. The van der Waals surface area contributed by atoms with E-state index in [0.29, 0.717) is 32.1 Å². The van der Waals surface area contributed by atoms with Gasteiger partial charge in [-0.1, -0.05) is 0 Å². The van der Waals surface area contributed by atoms with Crippen LogP contribution in [0.15, 0.2) is 6.20 Å². The molecule has 2 N–H and O–H groups in total. The average molecular weight is 238 g/mol. The Kier molecular flexibility index (Phi) is 3.33. The second-order valence-corrected chi connectivity index (χ2v) is 4.29. The maximum atomic E-state index is 12.2. The molecule has 0 radical (unpaired) electrons. The molecule has 6 heteroatoms. The summed E-state index contributed by atoms with van der Waals surface area (Å²) in [6, 6.07) is -0.316. The van der Waals surface area contributed by atoms with E-state index in [0.717, 1.165) is 5.56 Å². The van der Waals surface area contributed by atoms with Crippen LogP contribution in [-0.4, -0.2) is 46.9 Å². The summed E-state index contributed by atoms with van der Waals surface area (Å²) in [5.41, 5.74) is 6.58. The van der Waals surface area contributed by atoms with Crippen LogP contribution >= 0.6 is 0 Å². The third kappa shape index (κ3) is 2.41. The quantitative estimate of drug-likeness (QED) is 0.798. The van der Waals surface area contributed by atoms with Gasteiger partial charge in [0.25, 0.3) is 0 Å². The van der Waals surface area contributed by atoms with Gasteiger partial charge in [-0.25, -0.2) is 0 Å². The number of anilines is 1. The van der Waals surface area contributed by atoms with Crippen LogP contribution in [0.2, 0.25) is 0 Å². The Balaban J connectivity index is 2.08. The molecular weight excluding hydrogens is 220 g/mol. The molecule has 1 unspecified atom stereocenters. The summed E-state index contributed by atoms with van der Waals surface area (Å²) < 4.78 is 6.85. The monoisotopic (exact) mass is 238 g/mol. The first-order valence-electron chi connectivity index (χ1n) is 5.77. The molecule has 1 aliphatic rings. The third-order valence-corrected chi connectivity index (χ3v) is 3.03. The van der Waals surface area contributed by atoms with Gasteiger partial charge in [0.2, 0.25) is 5.91 Å². The highest BCUT2D eigenvalue weighted by molar-refractivity contribution is 5.80. The fraction of sp³-hybridized carbons (Fsp3) is 0.636. The second kappa shape index (κ2) is 4.75. The van der Waals surface area contributed by atoms with E-state index in [1.807, 2.05) is 13.8 Å². The molecule has 0 bridgehead atoms. The molecule has 1 amide bonds. The fourth-order valence-electron chi connectivity index (χ4n) is 1.86. The summed E-state index contributed by atoms with van der Waals surface area (Å²) in [6.45, 7) is 6.24. The van der Waals surface area contributed by atoms with Crippen LogP contribution < -0.4 is 5.73 Å². The van der Waals surface area contributed by atoms with Gasteiger partial charge in [-0.15, -0.1) is 0 Å². The van der Waals surface area contributed by atoms with Crippen LogP contribution in [0.4, 0.5) is 5.82 Å². The fourth-order valence-corrected chi connectivity index (χ4v) is 1.86. The number of amides is 1. The molecule has 17 heavy (non-hydrogen) atoms. The number of aromatic nitrogens is 2. The third-order valence-electron chi connectivity index (χ3n) is 3.03. The molecule has 1 atom stereocenters. The van der Waals surface area contributed by atoms with Gasteiger partial charge in [-0.3, -0.25) is 9.48 Å². The predicted octanol–water partition coefficient (Wildman–Crippen LogP) is 0.194. The van der Waals surface area contributed by atoms with Gasteiger partial charge in [0.15, 0.2) is 0 Å². The molecule has 2 rings (SSSR count). The number of hydrogen-bond donors (Lipinski definition) is 1.